The van der Waals surface area contributed by atoms with Gasteiger partial charge in [0.1, 0.15) is 6.61 Å². The van der Waals surface area contributed by atoms with E-state index in [4.69, 9.17) is 4.74 Å². The quantitative estimate of drug-likeness (QED) is 0.932. The number of thiazole rings is 1. The predicted octanol–water partition coefficient (Wildman–Crippen LogP) is 3.87. The fourth-order valence-corrected chi connectivity index (χ4v) is 2.35. The summed E-state index contributed by atoms with van der Waals surface area (Å²) in [5, 5.41) is 5.88. The van der Waals surface area contributed by atoms with E-state index < -0.39 is 0 Å². The Morgan fingerprint density at radius 3 is 2.76 bits per heavy atom. The van der Waals surface area contributed by atoms with Crippen molar-refractivity contribution in [3.63, 3.8) is 0 Å². The second kappa shape index (κ2) is 6.37. The third-order valence-electron chi connectivity index (χ3n) is 2.70. The lowest BCUT2D eigenvalue weighted by molar-refractivity contribution is -0.125. The molecule has 1 amide bonds. The van der Waals surface area contributed by atoms with Crippen LogP contribution in [0.25, 0.3) is 11.3 Å². The van der Waals surface area contributed by atoms with Crippen LogP contribution in [0.5, 0.6) is 0 Å². The zero-order valence-electron chi connectivity index (χ0n) is 12.8. The van der Waals surface area contributed by atoms with Crippen LogP contribution >= 0.6 is 11.3 Å². The first-order valence-electron chi connectivity index (χ1n) is 6.80. The standard InChI is InChI=1S/C16H20N2O2S/c1-11-17-14(10-21-11)12-6-5-7-13(8-12)18-15(19)9-20-16(2,3)4/h5-8,10H,9H2,1-4H3,(H,18,19). The van der Waals surface area contributed by atoms with Gasteiger partial charge in [0.2, 0.25) is 5.91 Å². The van der Waals surface area contributed by atoms with Crippen molar-refractivity contribution in [1.29, 1.82) is 0 Å². The molecule has 5 heteroatoms. The van der Waals surface area contributed by atoms with E-state index in [9.17, 15) is 4.79 Å². The summed E-state index contributed by atoms with van der Waals surface area (Å²) in [6.07, 6.45) is 0. The minimum atomic E-state index is -0.322. The largest absolute Gasteiger partial charge is 0.366 e. The van der Waals surface area contributed by atoms with E-state index in [0.717, 1.165) is 22.0 Å². The Morgan fingerprint density at radius 2 is 2.14 bits per heavy atom. The van der Waals surface area contributed by atoms with Gasteiger partial charge >= 0.3 is 0 Å². The molecule has 4 nitrogen and oxygen atoms in total. The second-order valence-corrected chi connectivity index (χ2v) is 6.84. The summed E-state index contributed by atoms with van der Waals surface area (Å²) in [6.45, 7) is 7.79. The number of anilines is 1. The fraction of sp³-hybridized carbons (Fsp3) is 0.375. The lowest BCUT2D eigenvalue weighted by Gasteiger charge is -2.19. The summed E-state index contributed by atoms with van der Waals surface area (Å²) in [5.41, 5.74) is 2.35. The molecule has 0 fully saturated rings. The Hall–Kier alpha value is -1.72. The van der Waals surface area contributed by atoms with Gasteiger partial charge in [-0.2, -0.15) is 0 Å². The highest BCUT2D eigenvalue weighted by molar-refractivity contribution is 7.09. The highest BCUT2D eigenvalue weighted by atomic mass is 32.1. The van der Waals surface area contributed by atoms with Crippen molar-refractivity contribution >= 4 is 22.9 Å². The van der Waals surface area contributed by atoms with Crippen LogP contribution in [0.3, 0.4) is 0 Å². The molecule has 0 radical (unpaired) electrons. The zero-order valence-corrected chi connectivity index (χ0v) is 13.6. The van der Waals surface area contributed by atoms with Crippen molar-refractivity contribution in [2.75, 3.05) is 11.9 Å². The SMILES string of the molecule is Cc1nc(-c2cccc(NC(=O)COC(C)(C)C)c2)cs1. The average molecular weight is 304 g/mol. The molecular weight excluding hydrogens is 284 g/mol. The molecule has 0 aliphatic rings. The third-order valence-corrected chi connectivity index (χ3v) is 3.47. The van der Waals surface area contributed by atoms with Gasteiger partial charge in [0, 0.05) is 16.6 Å². The number of nitrogens with zero attached hydrogens (tertiary/aromatic N) is 1. The van der Waals surface area contributed by atoms with Crippen molar-refractivity contribution in [3.05, 3.63) is 34.7 Å². The maximum Gasteiger partial charge on any atom is 0.250 e. The van der Waals surface area contributed by atoms with Crippen molar-refractivity contribution in [2.24, 2.45) is 0 Å². The van der Waals surface area contributed by atoms with Gasteiger partial charge in [0.15, 0.2) is 0 Å². The van der Waals surface area contributed by atoms with Gasteiger partial charge in [-0.15, -0.1) is 11.3 Å². The number of aromatic nitrogens is 1. The summed E-state index contributed by atoms with van der Waals surface area (Å²) in [4.78, 5) is 16.3. The number of carbonyl (C=O) groups is 1. The third kappa shape index (κ3) is 4.95. The number of benzene rings is 1. The molecule has 1 aromatic carbocycles. The van der Waals surface area contributed by atoms with E-state index in [1.165, 1.54) is 0 Å². The predicted molar refractivity (Wildman–Crippen MR) is 86.6 cm³/mol. The molecule has 21 heavy (non-hydrogen) atoms. The number of rotatable bonds is 4. The number of carbonyl (C=O) groups excluding carboxylic acids is 1. The summed E-state index contributed by atoms with van der Waals surface area (Å²) in [6, 6.07) is 7.67. The van der Waals surface area contributed by atoms with Gasteiger partial charge in [0.25, 0.3) is 0 Å². The van der Waals surface area contributed by atoms with E-state index in [1.54, 1.807) is 11.3 Å². The highest BCUT2D eigenvalue weighted by Gasteiger charge is 2.13. The minimum absolute atomic E-state index is 0.0452. The first kappa shape index (κ1) is 15.7. The first-order valence-corrected chi connectivity index (χ1v) is 7.68. The number of ether oxygens (including phenoxy) is 1. The van der Waals surface area contributed by atoms with Crippen LogP contribution in [0.15, 0.2) is 29.6 Å². The Kier molecular flexibility index (Phi) is 4.75. The van der Waals surface area contributed by atoms with Gasteiger partial charge in [0.05, 0.1) is 16.3 Å². The second-order valence-electron chi connectivity index (χ2n) is 5.78. The van der Waals surface area contributed by atoms with E-state index in [0.29, 0.717) is 0 Å². The van der Waals surface area contributed by atoms with Crippen LogP contribution in [-0.2, 0) is 9.53 Å². The molecule has 0 bridgehead atoms. The van der Waals surface area contributed by atoms with Crippen molar-refractivity contribution in [1.82, 2.24) is 4.98 Å². The molecular formula is C16H20N2O2S. The molecule has 0 unspecified atom stereocenters. The Balaban J connectivity index is 2.03. The molecule has 0 saturated carbocycles. The zero-order chi connectivity index (χ0) is 15.5. The summed E-state index contributed by atoms with van der Waals surface area (Å²) >= 11 is 1.61. The Morgan fingerprint density at radius 1 is 1.38 bits per heavy atom. The lowest BCUT2D eigenvalue weighted by Crippen LogP contribution is -2.27. The lowest BCUT2D eigenvalue weighted by atomic mass is 10.1. The van der Waals surface area contributed by atoms with Gasteiger partial charge in [-0.05, 0) is 39.8 Å². The van der Waals surface area contributed by atoms with E-state index in [-0.39, 0.29) is 18.1 Å². The van der Waals surface area contributed by atoms with E-state index in [2.05, 4.69) is 10.3 Å². The minimum Gasteiger partial charge on any atom is -0.366 e. The van der Waals surface area contributed by atoms with Crippen molar-refractivity contribution < 1.29 is 9.53 Å². The Labute approximate surface area is 129 Å². The number of hydrogen-bond acceptors (Lipinski definition) is 4. The normalized spacial score (nSPS) is 11.4. The van der Waals surface area contributed by atoms with E-state index >= 15 is 0 Å². The first-order chi connectivity index (χ1) is 9.83. The number of amides is 1. The molecule has 0 saturated heterocycles. The molecule has 1 aromatic heterocycles. The van der Waals surface area contributed by atoms with Crippen LogP contribution in [0.1, 0.15) is 25.8 Å². The molecule has 2 rings (SSSR count). The average Bonchev–Trinajstić information content (AvgIpc) is 2.83. The summed E-state index contributed by atoms with van der Waals surface area (Å²) in [5.74, 6) is -0.156. The molecule has 1 N–H and O–H groups in total. The Bertz CT molecular complexity index is 629. The van der Waals surface area contributed by atoms with Crippen LogP contribution in [0.4, 0.5) is 5.69 Å². The van der Waals surface area contributed by atoms with Gasteiger partial charge in [-0.25, -0.2) is 4.98 Å². The smallest absolute Gasteiger partial charge is 0.250 e. The molecule has 112 valence electrons. The summed E-state index contributed by atoms with van der Waals surface area (Å²) in [7, 11) is 0. The number of aryl methyl sites for hydroxylation is 1. The van der Waals surface area contributed by atoms with Crippen LogP contribution in [-0.4, -0.2) is 23.1 Å². The molecule has 2 aromatic rings. The van der Waals surface area contributed by atoms with Crippen molar-refractivity contribution in [3.8, 4) is 11.3 Å². The monoisotopic (exact) mass is 304 g/mol. The number of nitrogens with one attached hydrogen (secondary N) is 1. The van der Waals surface area contributed by atoms with Gasteiger partial charge in [-0.1, -0.05) is 12.1 Å². The maximum atomic E-state index is 11.9. The topological polar surface area (TPSA) is 51.2 Å². The highest BCUT2D eigenvalue weighted by Crippen LogP contribution is 2.24. The molecule has 1 heterocycles. The van der Waals surface area contributed by atoms with Crippen LogP contribution in [0, 0.1) is 6.92 Å². The van der Waals surface area contributed by atoms with E-state index in [1.807, 2.05) is 57.3 Å². The van der Waals surface area contributed by atoms with Crippen LogP contribution in [0.2, 0.25) is 0 Å². The van der Waals surface area contributed by atoms with Crippen LogP contribution < -0.4 is 5.32 Å². The molecule has 0 aliphatic carbocycles. The molecule has 0 aliphatic heterocycles. The maximum absolute atomic E-state index is 11.9. The molecule has 0 atom stereocenters. The van der Waals surface area contributed by atoms with Gasteiger partial charge < -0.3 is 10.1 Å². The van der Waals surface area contributed by atoms with Crippen molar-refractivity contribution in [2.45, 2.75) is 33.3 Å². The van der Waals surface area contributed by atoms with Gasteiger partial charge in [-0.3, -0.25) is 4.79 Å². The summed E-state index contributed by atoms with van der Waals surface area (Å²) < 4.78 is 5.46. The number of hydrogen-bond donors (Lipinski definition) is 1. The molecule has 0 spiro atoms. The fourth-order valence-electron chi connectivity index (χ4n) is 1.73.